The molecule has 0 amide bonds. The standard InChI is InChI=1S/C30H38ClN5O2S/c1-4-36(20-7-5-6-17-32-27-16-18-33-28-22-23(31)14-15-26(27)28)21-19-34-39(37,38)30-13-9-10-24-25(30)11-8-12-29(24)35(2)3/h8-16,18,22,34H,4-7,17,19-21H2,1-3H3,(H,32,33). The van der Waals surface area contributed by atoms with E-state index in [2.05, 4.69) is 26.8 Å². The van der Waals surface area contributed by atoms with E-state index in [-0.39, 0.29) is 0 Å². The summed E-state index contributed by atoms with van der Waals surface area (Å²) in [4.78, 5) is 9.01. The lowest BCUT2D eigenvalue weighted by molar-refractivity contribution is 0.286. The third-order valence-electron chi connectivity index (χ3n) is 6.97. The summed E-state index contributed by atoms with van der Waals surface area (Å²) in [5.41, 5.74) is 2.96. The first-order valence-electron chi connectivity index (χ1n) is 13.5. The molecule has 0 radical (unpaired) electrons. The minimum atomic E-state index is -3.63. The Balaban J connectivity index is 1.22. The van der Waals surface area contributed by atoms with E-state index in [4.69, 9.17) is 11.6 Å². The number of sulfonamides is 1. The molecule has 9 heteroatoms. The Labute approximate surface area is 237 Å². The predicted molar refractivity (Wildman–Crippen MR) is 165 cm³/mol. The van der Waals surface area contributed by atoms with E-state index in [0.29, 0.717) is 23.0 Å². The van der Waals surface area contributed by atoms with E-state index >= 15 is 0 Å². The Morgan fingerprint density at radius 1 is 0.872 bits per heavy atom. The van der Waals surface area contributed by atoms with Gasteiger partial charge in [-0.2, -0.15) is 0 Å². The molecule has 2 N–H and O–H groups in total. The van der Waals surface area contributed by atoms with Crippen LogP contribution in [0.15, 0.2) is 71.8 Å². The average Bonchev–Trinajstić information content (AvgIpc) is 2.92. The van der Waals surface area contributed by atoms with Gasteiger partial charge in [0.25, 0.3) is 0 Å². The Morgan fingerprint density at radius 3 is 2.46 bits per heavy atom. The summed E-state index contributed by atoms with van der Waals surface area (Å²) < 4.78 is 29.2. The van der Waals surface area contributed by atoms with Gasteiger partial charge in [-0.25, -0.2) is 13.1 Å². The van der Waals surface area contributed by atoms with Crippen molar-refractivity contribution in [1.82, 2.24) is 14.6 Å². The summed E-state index contributed by atoms with van der Waals surface area (Å²) in [6.07, 6.45) is 5.01. The van der Waals surface area contributed by atoms with Gasteiger partial charge in [0.15, 0.2) is 0 Å². The molecule has 0 unspecified atom stereocenters. The van der Waals surface area contributed by atoms with E-state index in [1.807, 2.05) is 73.6 Å². The van der Waals surface area contributed by atoms with Gasteiger partial charge in [0.1, 0.15) is 0 Å². The smallest absolute Gasteiger partial charge is 0.241 e. The third kappa shape index (κ3) is 7.39. The Bertz CT molecular complexity index is 1510. The maximum Gasteiger partial charge on any atom is 0.241 e. The fraction of sp³-hybridized carbons (Fsp3) is 0.367. The van der Waals surface area contributed by atoms with Crippen LogP contribution in [0, 0.1) is 0 Å². The van der Waals surface area contributed by atoms with Gasteiger partial charge in [0.2, 0.25) is 10.0 Å². The maximum absolute atomic E-state index is 13.2. The lowest BCUT2D eigenvalue weighted by Gasteiger charge is -2.21. The van der Waals surface area contributed by atoms with Crippen LogP contribution < -0.4 is 14.9 Å². The van der Waals surface area contributed by atoms with Crippen molar-refractivity contribution in [2.24, 2.45) is 0 Å². The second-order valence-electron chi connectivity index (χ2n) is 9.86. The summed E-state index contributed by atoms with van der Waals surface area (Å²) in [7, 11) is 0.298. The number of fused-ring (bicyclic) bond motifs is 2. The molecule has 4 rings (SSSR count). The van der Waals surface area contributed by atoms with E-state index in [1.165, 1.54) is 0 Å². The van der Waals surface area contributed by atoms with Crippen molar-refractivity contribution < 1.29 is 8.42 Å². The van der Waals surface area contributed by atoms with E-state index in [0.717, 1.165) is 71.9 Å². The highest BCUT2D eigenvalue weighted by atomic mass is 35.5. The number of halogens is 1. The van der Waals surface area contributed by atoms with Crippen molar-refractivity contribution in [2.75, 3.05) is 57.0 Å². The highest BCUT2D eigenvalue weighted by Crippen LogP contribution is 2.30. The van der Waals surface area contributed by atoms with Crippen LogP contribution in [0.5, 0.6) is 0 Å². The molecule has 0 aliphatic heterocycles. The number of unbranched alkanes of at least 4 members (excludes halogenated alkanes) is 2. The topological polar surface area (TPSA) is 77.6 Å². The summed E-state index contributed by atoms with van der Waals surface area (Å²) in [6, 6.07) is 19.0. The molecule has 7 nitrogen and oxygen atoms in total. The Hall–Kier alpha value is -2.91. The van der Waals surface area contributed by atoms with Crippen LogP contribution in [-0.2, 0) is 10.0 Å². The number of anilines is 2. The minimum Gasteiger partial charge on any atom is -0.384 e. The molecule has 0 aliphatic rings. The van der Waals surface area contributed by atoms with Gasteiger partial charge >= 0.3 is 0 Å². The molecular formula is C30H38ClN5O2S. The molecule has 0 aliphatic carbocycles. The number of nitrogens with zero attached hydrogens (tertiary/aromatic N) is 3. The normalized spacial score (nSPS) is 11.9. The molecule has 208 valence electrons. The fourth-order valence-electron chi connectivity index (χ4n) is 4.87. The number of likely N-dealkylation sites (N-methyl/N-ethyl adjacent to an activating group) is 1. The Morgan fingerprint density at radius 2 is 1.67 bits per heavy atom. The van der Waals surface area contributed by atoms with Gasteiger partial charge in [-0.15, -0.1) is 0 Å². The van der Waals surface area contributed by atoms with Crippen molar-refractivity contribution in [2.45, 2.75) is 31.1 Å². The third-order valence-corrected chi connectivity index (χ3v) is 8.72. The number of pyridine rings is 1. The van der Waals surface area contributed by atoms with Crippen LogP contribution >= 0.6 is 11.6 Å². The minimum absolute atomic E-state index is 0.323. The summed E-state index contributed by atoms with van der Waals surface area (Å²) >= 11 is 6.09. The molecule has 39 heavy (non-hydrogen) atoms. The zero-order valence-electron chi connectivity index (χ0n) is 23.0. The lowest BCUT2D eigenvalue weighted by Crippen LogP contribution is -2.35. The fourth-order valence-corrected chi connectivity index (χ4v) is 6.28. The number of hydrogen-bond acceptors (Lipinski definition) is 6. The molecule has 0 fully saturated rings. The quantitative estimate of drug-likeness (QED) is 0.182. The first-order chi connectivity index (χ1) is 18.8. The average molecular weight is 568 g/mol. The number of rotatable bonds is 14. The van der Waals surface area contributed by atoms with Gasteiger partial charge in [-0.3, -0.25) is 4.98 Å². The van der Waals surface area contributed by atoms with Crippen molar-refractivity contribution in [1.29, 1.82) is 0 Å². The molecule has 0 bridgehead atoms. The molecular weight excluding hydrogens is 530 g/mol. The van der Waals surface area contributed by atoms with Gasteiger partial charge in [0, 0.05) is 72.5 Å². The van der Waals surface area contributed by atoms with Crippen molar-refractivity contribution >= 4 is 54.7 Å². The van der Waals surface area contributed by atoms with Crippen LogP contribution in [0.3, 0.4) is 0 Å². The van der Waals surface area contributed by atoms with Crippen molar-refractivity contribution in [3.8, 4) is 0 Å². The molecule has 0 saturated heterocycles. The molecule has 4 aromatic rings. The number of aromatic nitrogens is 1. The molecule has 1 aromatic heterocycles. The van der Waals surface area contributed by atoms with E-state index < -0.39 is 10.0 Å². The van der Waals surface area contributed by atoms with Crippen molar-refractivity contribution in [3.63, 3.8) is 0 Å². The summed E-state index contributed by atoms with van der Waals surface area (Å²) in [5, 5.41) is 6.95. The number of nitrogens with one attached hydrogen (secondary N) is 2. The van der Waals surface area contributed by atoms with Crippen LogP contribution in [0.1, 0.15) is 26.2 Å². The predicted octanol–water partition coefficient (Wildman–Crippen LogP) is 5.99. The monoisotopic (exact) mass is 567 g/mol. The van der Waals surface area contributed by atoms with E-state index in [1.54, 1.807) is 12.3 Å². The van der Waals surface area contributed by atoms with Gasteiger partial charge in [-0.05, 0) is 62.3 Å². The largest absolute Gasteiger partial charge is 0.384 e. The van der Waals surface area contributed by atoms with Gasteiger partial charge in [0.05, 0.1) is 10.4 Å². The first kappa shape index (κ1) is 29.1. The number of benzene rings is 3. The zero-order chi connectivity index (χ0) is 27.8. The molecule has 1 heterocycles. The van der Waals surface area contributed by atoms with Crippen LogP contribution in [-0.4, -0.2) is 65.1 Å². The first-order valence-corrected chi connectivity index (χ1v) is 15.4. The van der Waals surface area contributed by atoms with Crippen LogP contribution in [0.4, 0.5) is 11.4 Å². The summed E-state index contributed by atoms with van der Waals surface area (Å²) in [6.45, 7) is 5.87. The Kier molecular flexibility index (Phi) is 10.0. The highest BCUT2D eigenvalue weighted by Gasteiger charge is 2.18. The second kappa shape index (κ2) is 13.4. The lowest BCUT2D eigenvalue weighted by atomic mass is 10.1. The highest BCUT2D eigenvalue weighted by molar-refractivity contribution is 7.89. The van der Waals surface area contributed by atoms with Crippen LogP contribution in [0.2, 0.25) is 5.02 Å². The zero-order valence-corrected chi connectivity index (χ0v) is 24.5. The molecule has 0 spiro atoms. The second-order valence-corrected chi connectivity index (χ2v) is 12.0. The van der Waals surface area contributed by atoms with Gasteiger partial charge < -0.3 is 15.1 Å². The number of hydrogen-bond donors (Lipinski definition) is 2. The summed E-state index contributed by atoms with van der Waals surface area (Å²) in [5.74, 6) is 0. The molecule has 3 aromatic carbocycles. The van der Waals surface area contributed by atoms with E-state index in [9.17, 15) is 8.42 Å². The molecule has 0 atom stereocenters. The molecule has 0 saturated carbocycles. The van der Waals surface area contributed by atoms with Crippen molar-refractivity contribution in [3.05, 3.63) is 71.9 Å². The van der Waals surface area contributed by atoms with Crippen LogP contribution in [0.25, 0.3) is 21.7 Å². The SMILES string of the molecule is CCN(CCCCCNc1ccnc2cc(Cl)ccc12)CCNS(=O)(=O)c1cccc2c(N(C)C)cccc12. The maximum atomic E-state index is 13.2. The van der Waals surface area contributed by atoms with Gasteiger partial charge in [-0.1, -0.05) is 49.2 Å².